The summed E-state index contributed by atoms with van der Waals surface area (Å²) in [6.07, 6.45) is 5.32. The van der Waals surface area contributed by atoms with Gasteiger partial charge >= 0.3 is 0 Å². The molecule has 1 fully saturated rings. The van der Waals surface area contributed by atoms with Crippen molar-refractivity contribution in [2.24, 2.45) is 11.1 Å². The summed E-state index contributed by atoms with van der Waals surface area (Å²) in [6.45, 7) is 5.70. The van der Waals surface area contributed by atoms with Crippen molar-refractivity contribution in [3.05, 3.63) is 29.5 Å². The first kappa shape index (κ1) is 17.4. The molecule has 0 bridgehead atoms. The van der Waals surface area contributed by atoms with Gasteiger partial charge in [-0.15, -0.1) is 0 Å². The first-order valence-corrected chi connectivity index (χ1v) is 9.64. The molecule has 0 radical (unpaired) electrons. The van der Waals surface area contributed by atoms with Crippen LogP contribution < -0.4 is 10.5 Å². The fraction of sp³-hybridized carbons (Fsp3) is 0.571. The average Bonchev–Trinajstić information content (AvgIpc) is 3.00. The number of nitrogens with two attached hydrogens (primary N) is 1. The predicted molar refractivity (Wildman–Crippen MR) is 101 cm³/mol. The van der Waals surface area contributed by atoms with Gasteiger partial charge in [-0.25, -0.2) is 0 Å². The van der Waals surface area contributed by atoms with Gasteiger partial charge in [0.2, 0.25) is 0 Å². The van der Waals surface area contributed by atoms with E-state index in [1.54, 1.807) is 0 Å². The maximum absolute atomic E-state index is 12.6. The zero-order chi connectivity index (χ0) is 18.3. The van der Waals surface area contributed by atoms with Gasteiger partial charge in [-0.2, -0.15) is 0 Å². The van der Waals surface area contributed by atoms with E-state index in [4.69, 9.17) is 14.9 Å². The van der Waals surface area contributed by atoms with Gasteiger partial charge in [0.25, 0.3) is 5.91 Å². The van der Waals surface area contributed by atoms with Crippen LogP contribution >= 0.6 is 0 Å². The summed E-state index contributed by atoms with van der Waals surface area (Å²) in [5, 5.41) is 1.13. The summed E-state index contributed by atoms with van der Waals surface area (Å²) >= 11 is 0. The van der Waals surface area contributed by atoms with E-state index in [1.165, 1.54) is 18.4 Å². The molecule has 1 unspecified atom stereocenters. The summed E-state index contributed by atoms with van der Waals surface area (Å²) in [7, 11) is 0. The van der Waals surface area contributed by atoms with E-state index in [0.717, 1.165) is 41.7 Å². The van der Waals surface area contributed by atoms with Gasteiger partial charge in [0.1, 0.15) is 17.1 Å². The van der Waals surface area contributed by atoms with Crippen molar-refractivity contribution >= 4 is 16.9 Å². The number of likely N-dealkylation sites (tertiary alicyclic amines) is 1. The molecule has 5 heteroatoms. The van der Waals surface area contributed by atoms with E-state index >= 15 is 0 Å². The molecule has 1 aliphatic heterocycles. The molecule has 26 heavy (non-hydrogen) atoms. The van der Waals surface area contributed by atoms with Gasteiger partial charge in [0.15, 0.2) is 6.61 Å². The van der Waals surface area contributed by atoms with Gasteiger partial charge < -0.3 is 19.8 Å². The Balaban J connectivity index is 1.44. The topological polar surface area (TPSA) is 68.7 Å². The second kappa shape index (κ2) is 6.62. The Morgan fingerprint density at radius 2 is 2.15 bits per heavy atom. The molecule has 1 atom stereocenters. The van der Waals surface area contributed by atoms with E-state index in [0.29, 0.717) is 13.1 Å². The number of hydrogen-bond acceptors (Lipinski definition) is 4. The number of piperidine rings is 1. The zero-order valence-corrected chi connectivity index (χ0v) is 15.7. The molecule has 1 amide bonds. The van der Waals surface area contributed by atoms with Crippen molar-refractivity contribution in [3.63, 3.8) is 0 Å². The maximum Gasteiger partial charge on any atom is 0.260 e. The zero-order valence-electron chi connectivity index (χ0n) is 15.7. The molecule has 4 rings (SSSR count). The number of hydrogen-bond donors (Lipinski definition) is 1. The van der Waals surface area contributed by atoms with Gasteiger partial charge in [0, 0.05) is 36.5 Å². The molecule has 1 aromatic heterocycles. The Labute approximate surface area is 154 Å². The van der Waals surface area contributed by atoms with Crippen LogP contribution in [0.3, 0.4) is 0 Å². The lowest BCUT2D eigenvalue weighted by molar-refractivity contribution is -0.136. The van der Waals surface area contributed by atoms with Crippen LogP contribution in [0, 0.1) is 5.41 Å². The lowest BCUT2D eigenvalue weighted by atomic mass is 9.80. The lowest BCUT2D eigenvalue weighted by Gasteiger charge is -2.42. The number of carbonyl (C=O) groups excluding carboxylic acids is 1. The first-order valence-electron chi connectivity index (χ1n) is 9.64. The first-order chi connectivity index (χ1) is 12.4. The van der Waals surface area contributed by atoms with E-state index < -0.39 is 0 Å². The van der Waals surface area contributed by atoms with E-state index in [9.17, 15) is 4.79 Å². The minimum Gasteiger partial charge on any atom is -0.484 e. The molecule has 0 saturated carbocycles. The fourth-order valence-electron chi connectivity index (χ4n) is 4.15. The smallest absolute Gasteiger partial charge is 0.260 e. The van der Waals surface area contributed by atoms with Crippen LogP contribution in [0.2, 0.25) is 0 Å². The number of fused-ring (bicyclic) bond motifs is 3. The fourth-order valence-corrected chi connectivity index (χ4v) is 4.15. The molecule has 0 spiro atoms. The number of benzene rings is 1. The highest BCUT2D eigenvalue weighted by atomic mass is 16.5. The third-order valence-corrected chi connectivity index (χ3v) is 5.95. The number of aryl methyl sites for hydroxylation is 2. The second-order valence-electron chi connectivity index (χ2n) is 8.36. The van der Waals surface area contributed by atoms with Crippen molar-refractivity contribution < 1.29 is 13.9 Å². The highest BCUT2D eigenvalue weighted by Gasteiger charge is 2.35. The summed E-state index contributed by atoms with van der Waals surface area (Å²) in [5.74, 6) is 1.87. The molecule has 140 valence electrons. The summed E-state index contributed by atoms with van der Waals surface area (Å²) in [5.41, 5.74) is 8.34. The molecule has 1 aliphatic carbocycles. The van der Waals surface area contributed by atoms with Crippen molar-refractivity contribution in [2.45, 2.75) is 52.0 Å². The van der Waals surface area contributed by atoms with Crippen LogP contribution in [0.5, 0.6) is 5.75 Å². The third-order valence-electron chi connectivity index (χ3n) is 5.95. The van der Waals surface area contributed by atoms with Crippen LogP contribution in [0.25, 0.3) is 11.0 Å². The predicted octanol–water partition coefficient (Wildman–Crippen LogP) is 3.28. The van der Waals surface area contributed by atoms with Crippen molar-refractivity contribution in [1.82, 2.24) is 4.90 Å². The SMILES string of the molecule is CC1(C)CN(C(=O)COc2ccc3oc4c(c3c2)CCCC4)CCC1N. The molecule has 2 aliphatic rings. The lowest BCUT2D eigenvalue weighted by Crippen LogP contribution is -2.54. The molecular formula is C21H28N2O3. The van der Waals surface area contributed by atoms with E-state index in [2.05, 4.69) is 13.8 Å². The van der Waals surface area contributed by atoms with Crippen LogP contribution in [0.1, 0.15) is 44.4 Å². The number of amides is 1. The second-order valence-corrected chi connectivity index (χ2v) is 8.36. The maximum atomic E-state index is 12.6. The summed E-state index contributed by atoms with van der Waals surface area (Å²) in [4.78, 5) is 14.4. The average molecular weight is 356 g/mol. The molecular weight excluding hydrogens is 328 g/mol. The Morgan fingerprint density at radius 1 is 1.35 bits per heavy atom. The number of rotatable bonds is 3. The monoisotopic (exact) mass is 356 g/mol. The number of ether oxygens (including phenoxy) is 1. The standard InChI is InChI=1S/C21H28N2O3/c1-21(2)13-23(10-9-19(21)22)20(24)12-25-14-7-8-18-16(11-14)15-5-3-4-6-17(15)26-18/h7-8,11,19H,3-6,9-10,12-13,22H2,1-2H3. The Bertz CT molecular complexity index is 824. The molecule has 2 heterocycles. The van der Waals surface area contributed by atoms with E-state index in [1.807, 2.05) is 23.1 Å². The Hall–Kier alpha value is -2.01. The van der Waals surface area contributed by atoms with Gasteiger partial charge in [-0.1, -0.05) is 13.8 Å². The summed E-state index contributed by atoms with van der Waals surface area (Å²) < 4.78 is 11.8. The minimum absolute atomic E-state index is 0.0271. The highest BCUT2D eigenvalue weighted by molar-refractivity contribution is 5.84. The highest BCUT2D eigenvalue weighted by Crippen LogP contribution is 2.34. The number of carbonyl (C=O) groups is 1. The molecule has 1 aromatic carbocycles. The molecule has 5 nitrogen and oxygen atoms in total. The quantitative estimate of drug-likeness (QED) is 0.916. The molecule has 2 aromatic rings. The largest absolute Gasteiger partial charge is 0.484 e. The van der Waals surface area contributed by atoms with Crippen LogP contribution in [-0.2, 0) is 17.6 Å². The Kier molecular flexibility index (Phi) is 4.43. The molecule has 1 saturated heterocycles. The van der Waals surface area contributed by atoms with Crippen molar-refractivity contribution in [2.75, 3.05) is 19.7 Å². The summed E-state index contributed by atoms with van der Waals surface area (Å²) in [6, 6.07) is 6.01. The van der Waals surface area contributed by atoms with Crippen molar-refractivity contribution in [1.29, 1.82) is 0 Å². The number of furan rings is 1. The van der Waals surface area contributed by atoms with Crippen molar-refractivity contribution in [3.8, 4) is 5.75 Å². The number of nitrogens with zero attached hydrogens (tertiary/aromatic N) is 1. The molecule has 2 N–H and O–H groups in total. The Morgan fingerprint density at radius 3 is 2.96 bits per heavy atom. The van der Waals surface area contributed by atoms with Crippen LogP contribution in [0.4, 0.5) is 0 Å². The minimum atomic E-state index is -0.0529. The van der Waals surface area contributed by atoms with Crippen LogP contribution in [-0.4, -0.2) is 36.5 Å². The van der Waals surface area contributed by atoms with Gasteiger partial charge in [-0.05, 0) is 49.3 Å². The normalized spacial score (nSPS) is 22.3. The van der Waals surface area contributed by atoms with E-state index in [-0.39, 0.29) is 24.0 Å². The third kappa shape index (κ3) is 3.20. The van der Waals surface area contributed by atoms with Gasteiger partial charge in [0.05, 0.1) is 0 Å². The van der Waals surface area contributed by atoms with Crippen LogP contribution in [0.15, 0.2) is 22.6 Å². The van der Waals surface area contributed by atoms with Gasteiger partial charge in [-0.3, -0.25) is 4.79 Å².